The van der Waals surface area contributed by atoms with Gasteiger partial charge in [-0.05, 0) is 41.3 Å². The number of rotatable bonds is 6. The van der Waals surface area contributed by atoms with Crippen LogP contribution in [0.25, 0.3) is 10.8 Å². The highest BCUT2D eigenvalue weighted by atomic mass is 32.1. The van der Waals surface area contributed by atoms with Crippen LogP contribution in [0.15, 0.2) is 36.4 Å². The lowest BCUT2D eigenvalue weighted by molar-refractivity contribution is -0.117. The van der Waals surface area contributed by atoms with E-state index >= 15 is 0 Å². The van der Waals surface area contributed by atoms with Gasteiger partial charge in [-0.3, -0.25) is 4.79 Å². The Morgan fingerprint density at radius 2 is 1.85 bits per heavy atom. The third-order valence-corrected chi connectivity index (χ3v) is 5.11. The number of hydrogen-bond acceptors (Lipinski definition) is 5. The fourth-order valence-electron chi connectivity index (χ4n) is 2.74. The van der Waals surface area contributed by atoms with Gasteiger partial charge in [0.05, 0.1) is 13.0 Å². The number of fused-ring (bicyclic) bond motifs is 1. The van der Waals surface area contributed by atoms with Gasteiger partial charge in [0, 0.05) is 6.42 Å². The lowest BCUT2D eigenvalue weighted by atomic mass is 9.97. The molecule has 1 amide bonds. The zero-order chi connectivity index (χ0) is 18.7. The van der Waals surface area contributed by atoms with E-state index in [2.05, 4.69) is 29.4 Å². The molecule has 1 N–H and O–H groups in total. The van der Waals surface area contributed by atoms with Gasteiger partial charge in [-0.25, -0.2) is 0 Å². The van der Waals surface area contributed by atoms with E-state index in [1.165, 1.54) is 11.3 Å². The molecule has 1 aromatic heterocycles. The summed E-state index contributed by atoms with van der Waals surface area (Å²) >= 11 is 1.44. The average molecular weight is 369 g/mol. The number of amides is 1. The number of methoxy groups -OCH3 is 1. The molecule has 0 saturated heterocycles. The van der Waals surface area contributed by atoms with Crippen molar-refractivity contribution in [2.45, 2.75) is 33.1 Å². The van der Waals surface area contributed by atoms with Gasteiger partial charge in [0.15, 0.2) is 0 Å². The molecule has 1 atom stereocenters. The highest BCUT2D eigenvalue weighted by molar-refractivity contribution is 7.15. The zero-order valence-corrected chi connectivity index (χ0v) is 16.3. The van der Waals surface area contributed by atoms with E-state index in [0.717, 1.165) is 33.5 Å². The second-order valence-electron chi connectivity index (χ2n) is 6.78. The summed E-state index contributed by atoms with van der Waals surface area (Å²) in [7, 11) is 1.65. The molecule has 0 spiro atoms. The Morgan fingerprint density at radius 3 is 2.58 bits per heavy atom. The lowest BCUT2D eigenvalue weighted by Gasteiger charge is -2.12. The number of benzene rings is 2. The Hall–Kier alpha value is -2.47. The first-order valence-corrected chi connectivity index (χ1v) is 9.49. The lowest BCUT2D eigenvalue weighted by Crippen LogP contribution is -2.18. The minimum atomic E-state index is -0.279. The van der Waals surface area contributed by atoms with Gasteiger partial charge < -0.3 is 10.1 Å². The molecule has 3 aromatic rings. The minimum absolute atomic E-state index is 0.0786. The number of hydrogen-bond donors (Lipinski definition) is 1. The Kier molecular flexibility index (Phi) is 5.52. The molecule has 6 heteroatoms. The third kappa shape index (κ3) is 4.19. The number of aromatic nitrogens is 2. The number of nitrogens with one attached hydrogen (secondary N) is 1. The van der Waals surface area contributed by atoms with Crippen molar-refractivity contribution >= 4 is 33.1 Å². The predicted molar refractivity (Wildman–Crippen MR) is 106 cm³/mol. The second-order valence-corrected chi connectivity index (χ2v) is 7.84. The first kappa shape index (κ1) is 18.3. The number of carbonyl (C=O) groups excluding carboxylic acids is 1. The molecule has 0 fully saturated rings. The van der Waals surface area contributed by atoms with E-state index in [1.807, 2.05) is 43.3 Å². The molecule has 136 valence electrons. The van der Waals surface area contributed by atoms with Crippen LogP contribution in [-0.4, -0.2) is 23.2 Å². The predicted octanol–water partition coefficient (Wildman–Crippen LogP) is 4.64. The van der Waals surface area contributed by atoms with Crippen LogP contribution < -0.4 is 10.1 Å². The monoisotopic (exact) mass is 369 g/mol. The molecule has 0 bridgehead atoms. The van der Waals surface area contributed by atoms with Crippen molar-refractivity contribution in [2.24, 2.45) is 5.92 Å². The van der Waals surface area contributed by atoms with Gasteiger partial charge in [-0.2, -0.15) is 0 Å². The topological polar surface area (TPSA) is 64.1 Å². The first-order chi connectivity index (χ1) is 12.5. The van der Waals surface area contributed by atoms with E-state index in [0.29, 0.717) is 11.0 Å². The van der Waals surface area contributed by atoms with E-state index in [4.69, 9.17) is 4.74 Å². The summed E-state index contributed by atoms with van der Waals surface area (Å²) < 4.78 is 5.25. The summed E-state index contributed by atoms with van der Waals surface area (Å²) in [6.07, 6.45) is 0.872. The largest absolute Gasteiger partial charge is 0.497 e. The standard InChI is InChI=1S/C20H23N3O2S/c1-12(2)9-18-22-23-20(26-18)21-19(24)13(3)14-5-6-16-11-17(25-4)8-7-15(16)10-14/h5-8,10-13H,9H2,1-4H3,(H,21,23,24)/t13-/m0/s1. The van der Waals surface area contributed by atoms with Gasteiger partial charge >= 0.3 is 0 Å². The summed E-state index contributed by atoms with van der Waals surface area (Å²) in [6, 6.07) is 12.0. The van der Waals surface area contributed by atoms with Crippen molar-refractivity contribution in [2.75, 3.05) is 12.4 Å². The Morgan fingerprint density at radius 1 is 1.12 bits per heavy atom. The number of carbonyl (C=O) groups is 1. The van der Waals surface area contributed by atoms with Crippen LogP contribution in [0.3, 0.4) is 0 Å². The number of nitrogens with zero attached hydrogens (tertiary/aromatic N) is 2. The molecule has 0 aliphatic rings. The highest BCUT2D eigenvalue weighted by Crippen LogP contribution is 2.26. The molecule has 2 aromatic carbocycles. The number of anilines is 1. The van der Waals surface area contributed by atoms with E-state index in [-0.39, 0.29) is 11.8 Å². The molecule has 26 heavy (non-hydrogen) atoms. The van der Waals surface area contributed by atoms with E-state index in [1.54, 1.807) is 7.11 Å². The van der Waals surface area contributed by atoms with Gasteiger partial charge in [-0.1, -0.05) is 49.4 Å². The van der Waals surface area contributed by atoms with Gasteiger partial charge in [0.2, 0.25) is 11.0 Å². The van der Waals surface area contributed by atoms with Crippen molar-refractivity contribution in [3.05, 3.63) is 47.0 Å². The summed E-state index contributed by atoms with van der Waals surface area (Å²) in [5.41, 5.74) is 0.965. The molecule has 3 rings (SSSR count). The first-order valence-electron chi connectivity index (χ1n) is 8.67. The van der Waals surface area contributed by atoms with E-state index in [9.17, 15) is 4.79 Å². The smallest absolute Gasteiger partial charge is 0.233 e. The minimum Gasteiger partial charge on any atom is -0.497 e. The molecular formula is C20H23N3O2S. The quantitative estimate of drug-likeness (QED) is 0.687. The van der Waals surface area contributed by atoms with Crippen LogP contribution in [0.5, 0.6) is 5.75 Å². The fourth-order valence-corrected chi connectivity index (χ4v) is 3.69. The Bertz CT molecular complexity index is 920. The van der Waals surface area contributed by atoms with Crippen molar-refractivity contribution in [1.29, 1.82) is 0 Å². The Labute approximate surface area is 157 Å². The van der Waals surface area contributed by atoms with Gasteiger partial charge in [0.25, 0.3) is 0 Å². The molecule has 5 nitrogen and oxygen atoms in total. The van der Waals surface area contributed by atoms with Crippen LogP contribution in [0.1, 0.15) is 37.3 Å². The summed E-state index contributed by atoms with van der Waals surface area (Å²) in [5, 5.41) is 14.8. The molecule has 0 saturated carbocycles. The molecule has 1 heterocycles. The molecule has 0 unspecified atom stereocenters. The normalized spacial score (nSPS) is 12.3. The van der Waals surface area contributed by atoms with Crippen LogP contribution in [0.2, 0.25) is 0 Å². The molecule has 0 aliphatic carbocycles. The maximum Gasteiger partial charge on any atom is 0.233 e. The second kappa shape index (κ2) is 7.83. The van der Waals surface area contributed by atoms with Gasteiger partial charge in [0.1, 0.15) is 10.8 Å². The van der Waals surface area contributed by atoms with Gasteiger partial charge in [-0.15, -0.1) is 10.2 Å². The van der Waals surface area contributed by atoms with Crippen LogP contribution in [0, 0.1) is 5.92 Å². The summed E-state index contributed by atoms with van der Waals surface area (Å²) in [5.74, 6) is 0.982. The molecular weight excluding hydrogens is 346 g/mol. The van der Waals surface area contributed by atoms with Crippen LogP contribution in [-0.2, 0) is 11.2 Å². The summed E-state index contributed by atoms with van der Waals surface area (Å²) in [6.45, 7) is 6.17. The van der Waals surface area contributed by atoms with Crippen molar-refractivity contribution < 1.29 is 9.53 Å². The Balaban J connectivity index is 1.73. The summed E-state index contributed by atoms with van der Waals surface area (Å²) in [4.78, 5) is 12.6. The van der Waals surface area contributed by atoms with Crippen LogP contribution in [0.4, 0.5) is 5.13 Å². The zero-order valence-electron chi connectivity index (χ0n) is 15.4. The maximum atomic E-state index is 12.6. The molecule has 0 radical (unpaired) electrons. The van der Waals surface area contributed by atoms with E-state index < -0.39 is 0 Å². The van der Waals surface area contributed by atoms with Crippen molar-refractivity contribution in [3.8, 4) is 5.75 Å². The van der Waals surface area contributed by atoms with Crippen LogP contribution >= 0.6 is 11.3 Å². The SMILES string of the molecule is COc1ccc2cc([C@H](C)C(=O)Nc3nnc(CC(C)C)s3)ccc2c1. The van der Waals surface area contributed by atoms with Crippen molar-refractivity contribution in [1.82, 2.24) is 10.2 Å². The van der Waals surface area contributed by atoms with Crippen molar-refractivity contribution in [3.63, 3.8) is 0 Å². The number of ether oxygens (including phenoxy) is 1. The fraction of sp³-hybridized carbons (Fsp3) is 0.350. The highest BCUT2D eigenvalue weighted by Gasteiger charge is 2.18. The third-order valence-electron chi connectivity index (χ3n) is 4.24. The molecule has 0 aliphatic heterocycles. The maximum absolute atomic E-state index is 12.6. The average Bonchev–Trinajstić information content (AvgIpc) is 3.06.